The van der Waals surface area contributed by atoms with E-state index in [2.05, 4.69) is 19.2 Å². The van der Waals surface area contributed by atoms with Crippen molar-refractivity contribution < 1.29 is 5.11 Å². The first kappa shape index (κ1) is 9.47. The zero-order chi connectivity index (χ0) is 9.69. The molecule has 3 atom stereocenters. The molecule has 0 radical (unpaired) electrons. The number of hydrogen-bond acceptors (Lipinski definition) is 2. The summed E-state index contributed by atoms with van der Waals surface area (Å²) < 4.78 is 0. The Morgan fingerprint density at radius 2 is 1.92 bits per heavy atom. The minimum atomic E-state index is -0.454. The van der Waals surface area contributed by atoms with E-state index in [0.717, 1.165) is 12.5 Å². The van der Waals surface area contributed by atoms with Crippen LogP contribution in [0, 0.1) is 17.3 Å². The topological polar surface area (TPSA) is 32.3 Å². The number of hydrogen-bond donors (Lipinski definition) is 2. The fourth-order valence-electron chi connectivity index (χ4n) is 3.59. The summed E-state index contributed by atoms with van der Waals surface area (Å²) in [6.45, 7) is 5.21. The molecule has 0 saturated heterocycles. The molecule has 13 heavy (non-hydrogen) atoms. The third-order valence-electron chi connectivity index (χ3n) is 4.69. The van der Waals surface area contributed by atoms with Gasteiger partial charge in [-0.2, -0.15) is 0 Å². The first-order valence-corrected chi connectivity index (χ1v) is 5.39. The molecule has 0 aromatic carbocycles. The number of aliphatic hydroxyl groups is 1. The van der Waals surface area contributed by atoms with Crippen LogP contribution in [-0.4, -0.2) is 24.3 Å². The van der Waals surface area contributed by atoms with Crippen LogP contribution in [0.25, 0.3) is 0 Å². The highest BCUT2D eigenvalue weighted by Crippen LogP contribution is 2.61. The summed E-state index contributed by atoms with van der Waals surface area (Å²) >= 11 is 0. The summed E-state index contributed by atoms with van der Waals surface area (Å²) in [6.07, 6.45) is 3.79. The molecule has 2 nitrogen and oxygen atoms in total. The normalized spacial score (nSPS) is 47.1. The van der Waals surface area contributed by atoms with Gasteiger partial charge in [0.05, 0.1) is 5.60 Å². The largest absolute Gasteiger partial charge is 0.388 e. The van der Waals surface area contributed by atoms with Crippen LogP contribution in [0.2, 0.25) is 0 Å². The standard InChI is InChI=1S/C11H21NO/c1-10(2)8-4-5-9(6-8)11(10,13)7-12-3/h8-9,12-13H,4-7H2,1-3H3/t8-,9+,11-/m0/s1. The number of nitrogens with one attached hydrogen (secondary N) is 1. The Hall–Kier alpha value is -0.0800. The third-order valence-corrected chi connectivity index (χ3v) is 4.69. The lowest BCUT2D eigenvalue weighted by Gasteiger charge is -2.46. The van der Waals surface area contributed by atoms with Gasteiger partial charge in [0.25, 0.3) is 0 Å². The highest BCUT2D eigenvalue weighted by Gasteiger charge is 2.61. The van der Waals surface area contributed by atoms with Crippen LogP contribution in [0.5, 0.6) is 0 Å². The lowest BCUT2D eigenvalue weighted by atomic mass is 9.65. The zero-order valence-electron chi connectivity index (χ0n) is 8.93. The van der Waals surface area contributed by atoms with Crippen LogP contribution < -0.4 is 5.32 Å². The minimum Gasteiger partial charge on any atom is -0.388 e. The molecule has 0 unspecified atom stereocenters. The lowest BCUT2D eigenvalue weighted by Crippen LogP contribution is -2.55. The monoisotopic (exact) mass is 183 g/mol. The predicted molar refractivity (Wildman–Crippen MR) is 53.5 cm³/mol. The summed E-state index contributed by atoms with van der Waals surface area (Å²) in [5.41, 5.74) is -0.344. The number of likely N-dealkylation sites (N-methyl/N-ethyl adjacent to an activating group) is 1. The van der Waals surface area contributed by atoms with Crippen molar-refractivity contribution in [3.8, 4) is 0 Å². The first-order valence-electron chi connectivity index (χ1n) is 5.39. The maximum atomic E-state index is 10.6. The molecule has 2 rings (SSSR count). The number of rotatable bonds is 2. The Morgan fingerprint density at radius 1 is 1.31 bits per heavy atom. The van der Waals surface area contributed by atoms with Gasteiger partial charge in [-0.3, -0.25) is 0 Å². The fourth-order valence-corrected chi connectivity index (χ4v) is 3.59. The highest BCUT2D eigenvalue weighted by atomic mass is 16.3. The molecule has 2 aliphatic rings. The van der Waals surface area contributed by atoms with E-state index in [1.807, 2.05) is 7.05 Å². The Kier molecular flexibility index (Phi) is 1.97. The second kappa shape index (κ2) is 2.71. The summed E-state index contributed by atoms with van der Waals surface area (Å²) in [5.74, 6) is 1.29. The van der Waals surface area contributed by atoms with Crippen molar-refractivity contribution in [2.24, 2.45) is 17.3 Å². The SMILES string of the molecule is CNC[C@]1(O)[C@@H]2CC[C@@H](C2)C1(C)C. The van der Waals surface area contributed by atoms with Crippen molar-refractivity contribution in [3.05, 3.63) is 0 Å². The molecule has 2 bridgehead atoms. The van der Waals surface area contributed by atoms with Crippen molar-refractivity contribution in [2.75, 3.05) is 13.6 Å². The predicted octanol–water partition coefficient (Wildman–Crippen LogP) is 1.39. The molecule has 2 saturated carbocycles. The van der Waals surface area contributed by atoms with Gasteiger partial charge >= 0.3 is 0 Å². The molecule has 2 N–H and O–H groups in total. The Balaban J connectivity index is 2.27. The molecule has 0 spiro atoms. The van der Waals surface area contributed by atoms with E-state index in [9.17, 15) is 5.11 Å². The molecule has 2 aliphatic carbocycles. The zero-order valence-corrected chi connectivity index (χ0v) is 8.93. The Morgan fingerprint density at radius 3 is 2.38 bits per heavy atom. The molecule has 0 aromatic heterocycles. The van der Waals surface area contributed by atoms with E-state index < -0.39 is 5.60 Å². The smallest absolute Gasteiger partial charge is 0.0852 e. The van der Waals surface area contributed by atoms with E-state index in [-0.39, 0.29) is 5.41 Å². The van der Waals surface area contributed by atoms with Crippen molar-refractivity contribution in [1.82, 2.24) is 5.32 Å². The molecule has 2 heteroatoms. The van der Waals surface area contributed by atoms with E-state index in [4.69, 9.17) is 0 Å². The third kappa shape index (κ3) is 1.02. The molecule has 0 heterocycles. The molecule has 0 aliphatic heterocycles. The van der Waals surface area contributed by atoms with Gasteiger partial charge in [-0.05, 0) is 43.6 Å². The van der Waals surface area contributed by atoms with Gasteiger partial charge in [0.15, 0.2) is 0 Å². The van der Waals surface area contributed by atoms with Crippen molar-refractivity contribution in [3.63, 3.8) is 0 Å². The van der Waals surface area contributed by atoms with Gasteiger partial charge in [-0.25, -0.2) is 0 Å². The minimum absolute atomic E-state index is 0.110. The highest BCUT2D eigenvalue weighted by molar-refractivity contribution is 5.12. The van der Waals surface area contributed by atoms with Crippen LogP contribution in [0.4, 0.5) is 0 Å². The van der Waals surface area contributed by atoms with Gasteiger partial charge in [-0.1, -0.05) is 13.8 Å². The van der Waals surface area contributed by atoms with Gasteiger partial charge in [0.2, 0.25) is 0 Å². The average molecular weight is 183 g/mol. The Labute approximate surface area is 80.7 Å². The molecular formula is C11H21NO. The fraction of sp³-hybridized carbons (Fsp3) is 1.00. The second-order valence-electron chi connectivity index (χ2n) is 5.38. The van der Waals surface area contributed by atoms with Crippen LogP contribution in [-0.2, 0) is 0 Å². The maximum absolute atomic E-state index is 10.6. The second-order valence-corrected chi connectivity index (χ2v) is 5.38. The molecule has 0 aromatic rings. The summed E-state index contributed by atoms with van der Waals surface area (Å²) in [5, 5.41) is 13.8. The summed E-state index contributed by atoms with van der Waals surface area (Å²) in [4.78, 5) is 0. The quantitative estimate of drug-likeness (QED) is 0.678. The Bertz CT molecular complexity index is 214. The van der Waals surface area contributed by atoms with E-state index in [0.29, 0.717) is 5.92 Å². The van der Waals surface area contributed by atoms with Gasteiger partial charge in [0, 0.05) is 6.54 Å². The van der Waals surface area contributed by atoms with Crippen molar-refractivity contribution in [1.29, 1.82) is 0 Å². The van der Waals surface area contributed by atoms with E-state index in [1.54, 1.807) is 0 Å². The molecular weight excluding hydrogens is 162 g/mol. The van der Waals surface area contributed by atoms with Crippen molar-refractivity contribution >= 4 is 0 Å². The van der Waals surface area contributed by atoms with Crippen molar-refractivity contribution in [2.45, 2.75) is 38.7 Å². The first-order chi connectivity index (χ1) is 6.02. The maximum Gasteiger partial charge on any atom is 0.0852 e. The van der Waals surface area contributed by atoms with Gasteiger partial charge in [0.1, 0.15) is 0 Å². The number of fused-ring (bicyclic) bond motifs is 2. The summed E-state index contributed by atoms with van der Waals surface area (Å²) in [6, 6.07) is 0. The summed E-state index contributed by atoms with van der Waals surface area (Å²) in [7, 11) is 1.93. The molecule has 0 amide bonds. The van der Waals surface area contributed by atoms with E-state index >= 15 is 0 Å². The lowest BCUT2D eigenvalue weighted by molar-refractivity contribution is -0.102. The molecule has 76 valence electrons. The van der Waals surface area contributed by atoms with Gasteiger partial charge in [-0.15, -0.1) is 0 Å². The van der Waals surface area contributed by atoms with Crippen LogP contribution in [0.1, 0.15) is 33.1 Å². The van der Waals surface area contributed by atoms with Crippen LogP contribution >= 0.6 is 0 Å². The average Bonchev–Trinajstić information content (AvgIpc) is 2.56. The van der Waals surface area contributed by atoms with Crippen LogP contribution in [0.15, 0.2) is 0 Å². The van der Waals surface area contributed by atoms with Crippen LogP contribution in [0.3, 0.4) is 0 Å². The van der Waals surface area contributed by atoms with Gasteiger partial charge < -0.3 is 10.4 Å². The molecule has 2 fully saturated rings. The van der Waals surface area contributed by atoms with E-state index in [1.165, 1.54) is 19.3 Å².